The molecule has 86 valence electrons. The van der Waals surface area contributed by atoms with Crippen molar-refractivity contribution in [3.63, 3.8) is 0 Å². The first kappa shape index (κ1) is 11.2. The lowest BCUT2D eigenvalue weighted by Gasteiger charge is -2.46. The number of carbonyl (C=O) groups is 1. The van der Waals surface area contributed by atoms with Gasteiger partial charge in [-0.1, -0.05) is 20.3 Å². The Kier molecular flexibility index (Phi) is 2.92. The molecule has 0 radical (unpaired) electrons. The summed E-state index contributed by atoms with van der Waals surface area (Å²) in [5.41, 5.74) is 0.559. The number of aldehydes is 1. The molecule has 0 bridgehead atoms. The number of hydrogen-bond donors (Lipinski definition) is 0. The third kappa shape index (κ3) is 2.26. The van der Waals surface area contributed by atoms with Gasteiger partial charge in [0.25, 0.3) is 0 Å². The van der Waals surface area contributed by atoms with Gasteiger partial charge in [-0.25, -0.2) is 0 Å². The van der Waals surface area contributed by atoms with Crippen LogP contribution in [0.15, 0.2) is 0 Å². The quantitative estimate of drug-likeness (QED) is 0.641. The maximum atomic E-state index is 11.4. The third-order valence-electron chi connectivity index (χ3n) is 4.86. The largest absolute Gasteiger partial charge is 0.303 e. The van der Waals surface area contributed by atoms with E-state index in [2.05, 4.69) is 13.8 Å². The molecule has 2 rings (SSSR count). The van der Waals surface area contributed by atoms with E-state index in [9.17, 15) is 4.79 Å². The Morgan fingerprint density at radius 2 is 1.80 bits per heavy atom. The Morgan fingerprint density at radius 3 is 2.20 bits per heavy atom. The Balaban J connectivity index is 1.99. The van der Waals surface area contributed by atoms with Gasteiger partial charge >= 0.3 is 0 Å². The fourth-order valence-corrected chi connectivity index (χ4v) is 3.48. The lowest BCUT2D eigenvalue weighted by molar-refractivity contribution is -0.121. The van der Waals surface area contributed by atoms with E-state index in [0.717, 1.165) is 25.2 Å². The average Bonchev–Trinajstić information content (AvgIpc) is 2.20. The second-order valence-corrected chi connectivity index (χ2v) is 6.50. The predicted octanol–water partition coefficient (Wildman–Crippen LogP) is 3.96. The van der Waals surface area contributed by atoms with Gasteiger partial charge in [0.1, 0.15) is 6.29 Å². The van der Waals surface area contributed by atoms with Crippen LogP contribution in [0, 0.1) is 16.7 Å². The third-order valence-corrected chi connectivity index (χ3v) is 4.86. The zero-order chi connectivity index (χ0) is 10.9. The summed E-state index contributed by atoms with van der Waals surface area (Å²) >= 11 is 0. The van der Waals surface area contributed by atoms with Crippen LogP contribution < -0.4 is 0 Å². The number of carbonyl (C=O) groups excluding carboxylic acids is 1. The topological polar surface area (TPSA) is 17.1 Å². The van der Waals surface area contributed by atoms with E-state index in [1.54, 1.807) is 0 Å². The maximum absolute atomic E-state index is 11.4. The highest BCUT2D eigenvalue weighted by atomic mass is 16.1. The standard InChI is InChI=1S/C14H24O/c1-12-4-8-14(11-15,9-5-12)10-13(2)6-3-7-13/h11-12H,3-10H2,1-2H3. The summed E-state index contributed by atoms with van der Waals surface area (Å²) in [6.45, 7) is 4.69. The van der Waals surface area contributed by atoms with E-state index in [-0.39, 0.29) is 5.41 Å². The first-order valence-electron chi connectivity index (χ1n) is 6.54. The summed E-state index contributed by atoms with van der Waals surface area (Å²) in [4.78, 5) is 11.4. The average molecular weight is 208 g/mol. The molecule has 2 fully saturated rings. The van der Waals surface area contributed by atoms with Crippen molar-refractivity contribution in [1.29, 1.82) is 0 Å². The van der Waals surface area contributed by atoms with Crippen LogP contribution in [-0.2, 0) is 4.79 Å². The van der Waals surface area contributed by atoms with Gasteiger partial charge in [-0.2, -0.15) is 0 Å². The maximum Gasteiger partial charge on any atom is 0.126 e. The summed E-state index contributed by atoms with van der Waals surface area (Å²) in [5.74, 6) is 0.840. The summed E-state index contributed by atoms with van der Waals surface area (Å²) in [6, 6.07) is 0. The van der Waals surface area contributed by atoms with Gasteiger partial charge in [-0.15, -0.1) is 0 Å². The van der Waals surface area contributed by atoms with Gasteiger partial charge in [-0.05, 0) is 56.3 Å². The molecule has 1 nitrogen and oxygen atoms in total. The zero-order valence-corrected chi connectivity index (χ0v) is 10.2. The normalized spacial score (nSPS) is 39.5. The predicted molar refractivity (Wildman–Crippen MR) is 62.7 cm³/mol. The van der Waals surface area contributed by atoms with E-state index >= 15 is 0 Å². The summed E-state index contributed by atoms with van der Waals surface area (Å²) < 4.78 is 0. The van der Waals surface area contributed by atoms with Gasteiger partial charge in [0.05, 0.1) is 0 Å². The van der Waals surface area contributed by atoms with Crippen molar-refractivity contribution in [1.82, 2.24) is 0 Å². The highest BCUT2D eigenvalue weighted by molar-refractivity contribution is 5.59. The van der Waals surface area contributed by atoms with Crippen LogP contribution in [0.25, 0.3) is 0 Å². The molecule has 0 N–H and O–H groups in total. The molecule has 0 spiro atoms. The first-order chi connectivity index (χ1) is 7.08. The van der Waals surface area contributed by atoms with Crippen molar-refractivity contribution < 1.29 is 4.79 Å². The van der Waals surface area contributed by atoms with Gasteiger partial charge < -0.3 is 4.79 Å². The molecule has 0 amide bonds. The van der Waals surface area contributed by atoms with Crippen molar-refractivity contribution >= 4 is 6.29 Å². The molecule has 0 heterocycles. The Bertz CT molecular complexity index is 232. The Hall–Kier alpha value is -0.330. The second-order valence-electron chi connectivity index (χ2n) is 6.50. The van der Waals surface area contributed by atoms with E-state index in [0.29, 0.717) is 5.41 Å². The monoisotopic (exact) mass is 208 g/mol. The Labute approximate surface area is 93.6 Å². The highest BCUT2D eigenvalue weighted by Crippen LogP contribution is 2.52. The molecule has 0 aromatic carbocycles. The molecule has 2 aliphatic carbocycles. The first-order valence-corrected chi connectivity index (χ1v) is 6.54. The van der Waals surface area contributed by atoms with Crippen molar-refractivity contribution in [2.24, 2.45) is 16.7 Å². The zero-order valence-electron chi connectivity index (χ0n) is 10.2. The van der Waals surface area contributed by atoms with Crippen molar-refractivity contribution in [2.45, 2.75) is 65.2 Å². The van der Waals surface area contributed by atoms with Gasteiger partial charge in [0.2, 0.25) is 0 Å². The summed E-state index contributed by atoms with van der Waals surface area (Å²) in [7, 11) is 0. The Morgan fingerprint density at radius 1 is 1.20 bits per heavy atom. The van der Waals surface area contributed by atoms with Crippen molar-refractivity contribution in [3.8, 4) is 0 Å². The molecule has 2 aliphatic rings. The van der Waals surface area contributed by atoms with Crippen molar-refractivity contribution in [2.75, 3.05) is 0 Å². The molecule has 0 atom stereocenters. The minimum absolute atomic E-state index is 0.0572. The molecule has 0 aliphatic heterocycles. The SMILES string of the molecule is CC1CCC(C=O)(CC2(C)CCC2)CC1. The van der Waals surface area contributed by atoms with Crippen LogP contribution in [-0.4, -0.2) is 6.29 Å². The summed E-state index contributed by atoms with van der Waals surface area (Å²) in [5, 5.41) is 0. The molecular weight excluding hydrogens is 184 g/mol. The van der Waals surface area contributed by atoms with Crippen LogP contribution in [0.1, 0.15) is 65.2 Å². The molecule has 0 aromatic rings. The second kappa shape index (κ2) is 3.92. The number of hydrogen-bond acceptors (Lipinski definition) is 1. The molecule has 0 saturated heterocycles. The minimum atomic E-state index is 0.0572. The number of rotatable bonds is 3. The van der Waals surface area contributed by atoms with Crippen LogP contribution in [0.5, 0.6) is 0 Å². The lowest BCUT2D eigenvalue weighted by atomic mass is 9.58. The fourth-order valence-electron chi connectivity index (χ4n) is 3.48. The molecule has 1 heteroatoms. The molecule has 0 aromatic heterocycles. The van der Waals surface area contributed by atoms with Crippen LogP contribution in [0.2, 0.25) is 0 Å². The van der Waals surface area contributed by atoms with Crippen molar-refractivity contribution in [3.05, 3.63) is 0 Å². The lowest BCUT2D eigenvalue weighted by Crippen LogP contribution is -2.38. The van der Waals surface area contributed by atoms with E-state index < -0.39 is 0 Å². The minimum Gasteiger partial charge on any atom is -0.303 e. The fraction of sp³-hybridized carbons (Fsp3) is 0.929. The van der Waals surface area contributed by atoms with E-state index in [1.165, 1.54) is 38.4 Å². The van der Waals surface area contributed by atoms with Gasteiger partial charge in [-0.3, -0.25) is 0 Å². The smallest absolute Gasteiger partial charge is 0.126 e. The molecular formula is C14H24O. The van der Waals surface area contributed by atoms with E-state index in [4.69, 9.17) is 0 Å². The van der Waals surface area contributed by atoms with Gasteiger partial charge in [0, 0.05) is 5.41 Å². The van der Waals surface area contributed by atoms with E-state index in [1.807, 2.05) is 0 Å². The highest BCUT2D eigenvalue weighted by Gasteiger charge is 2.43. The summed E-state index contributed by atoms with van der Waals surface area (Å²) in [6.07, 6.45) is 11.3. The van der Waals surface area contributed by atoms with Crippen LogP contribution >= 0.6 is 0 Å². The molecule has 0 unspecified atom stereocenters. The van der Waals surface area contributed by atoms with Gasteiger partial charge in [0.15, 0.2) is 0 Å². The molecule has 2 saturated carbocycles. The molecule has 15 heavy (non-hydrogen) atoms. The van der Waals surface area contributed by atoms with Crippen LogP contribution in [0.3, 0.4) is 0 Å². The van der Waals surface area contributed by atoms with Crippen LogP contribution in [0.4, 0.5) is 0 Å².